The summed E-state index contributed by atoms with van der Waals surface area (Å²) in [5.41, 5.74) is 1.17. The maximum Gasteiger partial charge on any atom is 0.347 e. The number of thioether (sulfide) groups is 1. The minimum absolute atomic E-state index is 0. The van der Waals surface area contributed by atoms with Gasteiger partial charge in [0.1, 0.15) is 30.1 Å². The second kappa shape index (κ2) is 10.9. The first-order chi connectivity index (χ1) is 16.2. The maximum atomic E-state index is 12.8. The van der Waals surface area contributed by atoms with Gasteiger partial charge in [-0.05, 0) is 25.5 Å². The Morgan fingerprint density at radius 2 is 1.83 bits per heavy atom. The van der Waals surface area contributed by atoms with E-state index in [9.17, 15) is 19.2 Å². The van der Waals surface area contributed by atoms with Gasteiger partial charge in [-0.15, -0.1) is 11.8 Å². The molecule has 11 heteroatoms. The minimum Gasteiger partial charge on any atom is -1.00 e. The molecule has 0 unspecified atom stereocenters. The molecule has 2 amide bonds. The summed E-state index contributed by atoms with van der Waals surface area (Å²) in [5, 5.41) is 2.42. The molecule has 4 rings (SSSR count). The van der Waals surface area contributed by atoms with Gasteiger partial charge in [0.15, 0.2) is 12.4 Å². The van der Waals surface area contributed by atoms with Crippen LogP contribution in [0.5, 0.6) is 0 Å². The largest absolute Gasteiger partial charge is 1.00 e. The Balaban J connectivity index is 0.00000342. The van der Waals surface area contributed by atoms with Crippen LogP contribution >= 0.6 is 11.8 Å². The summed E-state index contributed by atoms with van der Waals surface area (Å²) in [4.78, 5) is 51.7. The molecule has 9 nitrogen and oxygen atoms in total. The molecule has 186 valence electrons. The first-order valence-corrected chi connectivity index (χ1v) is 11.7. The molecule has 0 bridgehead atoms. The molecular weight excluding hydrogens is 585 g/mol. The van der Waals surface area contributed by atoms with E-state index in [1.165, 1.54) is 16.7 Å². The average molecular weight is 611 g/mol. The monoisotopic (exact) mass is 611 g/mol. The number of rotatable bonds is 7. The van der Waals surface area contributed by atoms with Crippen LogP contribution in [0, 0.1) is 0 Å². The van der Waals surface area contributed by atoms with Gasteiger partial charge >= 0.3 is 11.9 Å². The fourth-order valence-electron chi connectivity index (χ4n) is 4.14. The highest BCUT2D eigenvalue weighted by atomic mass is 127. The molecule has 2 aromatic rings. The number of esters is 2. The molecule has 2 fully saturated rings. The molecule has 2 aliphatic heterocycles. The van der Waals surface area contributed by atoms with Crippen molar-refractivity contribution < 1.29 is 57.2 Å². The average Bonchev–Trinajstić information content (AvgIpc) is 3.05. The number of carbonyl (C=O) groups excluding carboxylic acids is 4. The minimum atomic E-state index is -0.856. The summed E-state index contributed by atoms with van der Waals surface area (Å²) in [6, 6.07) is 11.0. The van der Waals surface area contributed by atoms with E-state index >= 15 is 0 Å². The molecular formula is C24H26IN3O6S. The molecule has 0 spiro atoms. The zero-order chi connectivity index (χ0) is 24.5. The topological polar surface area (TPSA) is 106 Å². The van der Waals surface area contributed by atoms with Crippen molar-refractivity contribution in [3.05, 3.63) is 66.0 Å². The number of halogens is 1. The van der Waals surface area contributed by atoms with Crippen LogP contribution in [0.25, 0.3) is 0 Å². The van der Waals surface area contributed by atoms with Gasteiger partial charge in [0.2, 0.25) is 18.6 Å². The van der Waals surface area contributed by atoms with Crippen LogP contribution in [-0.2, 0) is 37.3 Å². The summed E-state index contributed by atoms with van der Waals surface area (Å²) >= 11 is 1.43. The van der Waals surface area contributed by atoms with Crippen molar-refractivity contribution in [2.24, 2.45) is 7.05 Å². The predicted octanol–water partition coefficient (Wildman–Crippen LogP) is -2.04. The SMILES string of the molecule is C[n+]1cccc(C(=O)OCOC(=O)[C@H]2N3C(=O)[C@H](NC(=O)Cc4ccccc4)[C@@H]3SC2(C)C)c1.[I-]. The standard InChI is InChI=1S/C24H25N3O6S.HI/c1-24(2)19(23(31)33-14-32-22(30)16-10-7-11-26(3)13-16)27-20(29)18(21(27)34-24)25-17(28)12-15-8-5-4-6-9-15;/h4-11,13,18-19,21H,12,14H2,1-3H3;1H/t18-,19+,21-;/m0./s1. The number of amides is 2. The zero-order valence-electron chi connectivity index (χ0n) is 19.5. The number of aromatic nitrogens is 1. The second-order valence-electron chi connectivity index (χ2n) is 8.74. The van der Waals surface area contributed by atoms with E-state index in [1.807, 2.05) is 44.2 Å². The van der Waals surface area contributed by atoms with Crippen molar-refractivity contribution in [3.8, 4) is 0 Å². The van der Waals surface area contributed by atoms with Gasteiger partial charge in [0.05, 0.1) is 6.42 Å². The second-order valence-corrected chi connectivity index (χ2v) is 10.5. The number of fused-ring (bicyclic) bond motifs is 1. The summed E-state index contributed by atoms with van der Waals surface area (Å²) in [6.07, 6.45) is 3.53. The Hall–Kier alpha value is -2.67. The lowest BCUT2D eigenvalue weighted by atomic mass is 9.96. The van der Waals surface area contributed by atoms with Crippen LogP contribution in [0.15, 0.2) is 54.9 Å². The number of nitrogens with zero attached hydrogens (tertiary/aromatic N) is 2. The first kappa shape index (κ1) is 26.9. The van der Waals surface area contributed by atoms with E-state index in [0.29, 0.717) is 5.56 Å². The number of benzene rings is 1. The van der Waals surface area contributed by atoms with E-state index in [1.54, 1.807) is 36.1 Å². The summed E-state index contributed by atoms with van der Waals surface area (Å²) in [6.45, 7) is 3.12. The zero-order valence-corrected chi connectivity index (χ0v) is 22.4. The molecule has 35 heavy (non-hydrogen) atoms. The van der Waals surface area contributed by atoms with E-state index in [2.05, 4.69) is 5.32 Å². The van der Waals surface area contributed by atoms with Gasteiger partial charge in [-0.25, -0.2) is 14.2 Å². The van der Waals surface area contributed by atoms with Crippen LogP contribution < -0.4 is 33.9 Å². The van der Waals surface area contributed by atoms with Gasteiger partial charge < -0.3 is 43.7 Å². The van der Waals surface area contributed by atoms with Crippen molar-refractivity contribution in [2.75, 3.05) is 6.79 Å². The molecule has 0 saturated carbocycles. The van der Waals surface area contributed by atoms with E-state index in [0.717, 1.165) is 5.56 Å². The van der Waals surface area contributed by atoms with Crippen molar-refractivity contribution in [2.45, 2.75) is 42.5 Å². The van der Waals surface area contributed by atoms with Gasteiger partial charge in [-0.1, -0.05) is 30.3 Å². The fraction of sp³-hybridized carbons (Fsp3) is 0.375. The van der Waals surface area contributed by atoms with E-state index in [-0.39, 0.29) is 47.6 Å². The molecule has 3 heterocycles. The molecule has 2 saturated heterocycles. The van der Waals surface area contributed by atoms with Crippen LogP contribution in [0.4, 0.5) is 0 Å². The normalized spacial score (nSPS) is 21.7. The van der Waals surface area contributed by atoms with Crippen LogP contribution in [-0.4, -0.2) is 57.7 Å². The highest BCUT2D eigenvalue weighted by Gasteiger charge is 2.64. The molecule has 1 N–H and O–H groups in total. The first-order valence-electron chi connectivity index (χ1n) is 10.8. The maximum absolute atomic E-state index is 12.8. The molecule has 1 aromatic heterocycles. The predicted molar refractivity (Wildman–Crippen MR) is 122 cm³/mol. The summed E-state index contributed by atoms with van der Waals surface area (Å²) < 4.78 is 11.3. The summed E-state index contributed by atoms with van der Waals surface area (Å²) in [5.74, 6) is -1.87. The molecule has 3 atom stereocenters. The highest BCUT2D eigenvalue weighted by Crippen LogP contribution is 2.51. The molecule has 0 radical (unpaired) electrons. The number of pyridine rings is 1. The molecule has 0 aliphatic carbocycles. The van der Waals surface area contributed by atoms with E-state index < -0.39 is 35.6 Å². The molecule has 1 aromatic carbocycles. The van der Waals surface area contributed by atoms with Crippen LogP contribution in [0.2, 0.25) is 0 Å². The Labute approximate surface area is 224 Å². The van der Waals surface area contributed by atoms with Crippen molar-refractivity contribution >= 4 is 35.5 Å². The van der Waals surface area contributed by atoms with Crippen molar-refractivity contribution in [1.29, 1.82) is 0 Å². The third kappa shape index (κ3) is 5.77. The van der Waals surface area contributed by atoms with Gasteiger partial charge in [0, 0.05) is 10.8 Å². The number of hydrogen-bond donors (Lipinski definition) is 1. The number of carbonyl (C=O) groups is 4. The number of nitrogens with one attached hydrogen (secondary N) is 1. The lowest BCUT2D eigenvalue weighted by Gasteiger charge is -2.43. The third-order valence-corrected chi connectivity index (χ3v) is 7.33. The van der Waals surface area contributed by atoms with E-state index in [4.69, 9.17) is 9.47 Å². The summed E-state index contributed by atoms with van der Waals surface area (Å²) in [7, 11) is 1.77. The number of β-lactam (4-membered cyclic amide) rings is 1. The van der Waals surface area contributed by atoms with Crippen molar-refractivity contribution in [1.82, 2.24) is 10.2 Å². The van der Waals surface area contributed by atoms with Gasteiger partial charge in [-0.3, -0.25) is 9.59 Å². The Morgan fingerprint density at radius 3 is 2.51 bits per heavy atom. The van der Waals surface area contributed by atoms with Gasteiger partial charge in [0.25, 0.3) is 0 Å². The quantitative estimate of drug-likeness (QED) is 0.127. The Morgan fingerprint density at radius 1 is 1.11 bits per heavy atom. The lowest BCUT2D eigenvalue weighted by molar-refractivity contribution is -0.671. The lowest BCUT2D eigenvalue weighted by Crippen LogP contribution is -3.00. The Bertz CT molecular complexity index is 1130. The number of hydrogen-bond acceptors (Lipinski definition) is 7. The smallest absolute Gasteiger partial charge is 0.347 e. The number of aryl methyl sites for hydroxylation is 1. The fourth-order valence-corrected chi connectivity index (χ4v) is 5.76. The van der Waals surface area contributed by atoms with Gasteiger partial charge in [-0.2, -0.15) is 0 Å². The third-order valence-electron chi connectivity index (χ3n) is 5.75. The van der Waals surface area contributed by atoms with Crippen molar-refractivity contribution in [3.63, 3.8) is 0 Å². The van der Waals surface area contributed by atoms with Crippen LogP contribution in [0.1, 0.15) is 29.8 Å². The molecule has 2 aliphatic rings. The Kier molecular flexibility index (Phi) is 8.42. The number of ether oxygens (including phenoxy) is 2. The van der Waals surface area contributed by atoms with Crippen LogP contribution in [0.3, 0.4) is 0 Å². The highest BCUT2D eigenvalue weighted by molar-refractivity contribution is 8.01.